The zero-order valence-corrected chi connectivity index (χ0v) is 18.6. The van der Waals surface area contributed by atoms with Crippen LogP contribution in [0.3, 0.4) is 0 Å². The molecule has 2 aliphatic rings. The van der Waals surface area contributed by atoms with Crippen LogP contribution in [0.5, 0.6) is 0 Å². The van der Waals surface area contributed by atoms with Gasteiger partial charge in [0.15, 0.2) is 0 Å². The van der Waals surface area contributed by atoms with Crippen molar-refractivity contribution in [1.29, 1.82) is 0 Å². The number of hydrogen-bond acceptors (Lipinski definition) is 5. The number of aryl methyl sites for hydroxylation is 1. The Morgan fingerprint density at radius 3 is 2.55 bits per heavy atom. The van der Waals surface area contributed by atoms with E-state index in [-0.39, 0.29) is 12.4 Å². The molecule has 1 aliphatic heterocycles. The molecule has 1 unspecified atom stereocenters. The summed E-state index contributed by atoms with van der Waals surface area (Å²) < 4.78 is 0. The lowest BCUT2D eigenvalue weighted by atomic mass is 9.89. The summed E-state index contributed by atoms with van der Waals surface area (Å²) in [5, 5.41) is 4.82. The fourth-order valence-electron chi connectivity index (χ4n) is 4.59. The Bertz CT molecular complexity index is 961. The van der Waals surface area contributed by atoms with E-state index in [0.29, 0.717) is 0 Å². The third kappa shape index (κ3) is 4.22. The molecule has 3 heterocycles. The summed E-state index contributed by atoms with van der Waals surface area (Å²) in [5.41, 5.74) is 3.91. The quantitative estimate of drug-likeness (QED) is 0.526. The van der Waals surface area contributed by atoms with E-state index in [9.17, 15) is 0 Å². The number of halogens is 1. The Labute approximate surface area is 183 Å². The Kier molecular flexibility index (Phi) is 6.26. The molecule has 0 saturated carbocycles. The summed E-state index contributed by atoms with van der Waals surface area (Å²) in [5.74, 6) is 1.73. The first-order valence-electron chi connectivity index (χ1n) is 10.7. The minimum absolute atomic E-state index is 0. The van der Waals surface area contributed by atoms with E-state index >= 15 is 0 Å². The maximum atomic E-state index is 4.60. The molecule has 1 aromatic carbocycles. The number of nitrogens with zero attached hydrogens (tertiary/aromatic N) is 3. The maximum absolute atomic E-state index is 4.60. The second-order valence-corrected chi connectivity index (χ2v) is 9.41. The molecule has 0 bridgehead atoms. The van der Waals surface area contributed by atoms with Crippen molar-refractivity contribution in [3.05, 3.63) is 41.0 Å². The van der Waals surface area contributed by atoms with Crippen molar-refractivity contribution < 1.29 is 0 Å². The van der Waals surface area contributed by atoms with Gasteiger partial charge in [-0.05, 0) is 67.9 Å². The summed E-state index contributed by atoms with van der Waals surface area (Å²) in [4.78, 5) is 14.3. The number of aromatic nitrogens is 2. The lowest BCUT2D eigenvalue weighted by Gasteiger charge is -2.23. The summed E-state index contributed by atoms with van der Waals surface area (Å²) >= 11 is 1.85. The van der Waals surface area contributed by atoms with Crippen molar-refractivity contribution in [2.24, 2.45) is 5.92 Å². The van der Waals surface area contributed by atoms with Crippen molar-refractivity contribution >= 4 is 51.2 Å². The highest BCUT2D eigenvalue weighted by molar-refractivity contribution is 7.19. The predicted octanol–water partition coefficient (Wildman–Crippen LogP) is 6.36. The van der Waals surface area contributed by atoms with Crippen molar-refractivity contribution in [1.82, 2.24) is 9.97 Å². The van der Waals surface area contributed by atoms with Gasteiger partial charge in [0.05, 0.1) is 5.39 Å². The highest BCUT2D eigenvalue weighted by atomic mass is 35.5. The molecule has 5 rings (SSSR count). The van der Waals surface area contributed by atoms with Crippen LogP contribution in [0.15, 0.2) is 30.6 Å². The Balaban J connectivity index is 0.00000205. The van der Waals surface area contributed by atoms with E-state index in [1.165, 1.54) is 73.1 Å². The highest BCUT2D eigenvalue weighted by Crippen LogP contribution is 2.40. The van der Waals surface area contributed by atoms with E-state index < -0.39 is 0 Å². The molecule has 2 aromatic heterocycles. The largest absolute Gasteiger partial charge is 0.372 e. The fourth-order valence-corrected chi connectivity index (χ4v) is 5.94. The van der Waals surface area contributed by atoms with Crippen LogP contribution < -0.4 is 10.2 Å². The Hall–Kier alpha value is -1.85. The predicted molar refractivity (Wildman–Crippen MR) is 126 cm³/mol. The minimum Gasteiger partial charge on any atom is -0.372 e. The van der Waals surface area contributed by atoms with Gasteiger partial charge in [0, 0.05) is 29.3 Å². The van der Waals surface area contributed by atoms with E-state index in [1.54, 1.807) is 6.33 Å². The Morgan fingerprint density at radius 2 is 1.79 bits per heavy atom. The molecule has 1 saturated heterocycles. The third-order valence-electron chi connectivity index (χ3n) is 6.19. The van der Waals surface area contributed by atoms with Gasteiger partial charge in [0.2, 0.25) is 0 Å². The second-order valence-electron chi connectivity index (χ2n) is 8.33. The number of rotatable bonds is 3. The van der Waals surface area contributed by atoms with E-state index in [4.69, 9.17) is 0 Å². The van der Waals surface area contributed by atoms with Crippen LogP contribution in [0.25, 0.3) is 10.2 Å². The molecule has 6 heteroatoms. The number of anilines is 3. The third-order valence-corrected chi connectivity index (χ3v) is 7.36. The maximum Gasteiger partial charge on any atom is 0.142 e. The van der Waals surface area contributed by atoms with E-state index in [0.717, 1.165) is 28.7 Å². The molecule has 154 valence electrons. The zero-order chi connectivity index (χ0) is 18.9. The van der Waals surface area contributed by atoms with Gasteiger partial charge < -0.3 is 10.2 Å². The van der Waals surface area contributed by atoms with Crippen LogP contribution in [-0.2, 0) is 12.8 Å². The van der Waals surface area contributed by atoms with Crippen LogP contribution in [0.1, 0.15) is 49.5 Å². The first-order valence-corrected chi connectivity index (χ1v) is 11.5. The van der Waals surface area contributed by atoms with Gasteiger partial charge in [-0.15, -0.1) is 23.7 Å². The minimum atomic E-state index is 0. The van der Waals surface area contributed by atoms with Gasteiger partial charge in [-0.2, -0.15) is 0 Å². The number of benzene rings is 1. The monoisotopic (exact) mass is 428 g/mol. The Morgan fingerprint density at radius 1 is 1.03 bits per heavy atom. The molecule has 1 atom stereocenters. The van der Waals surface area contributed by atoms with Gasteiger partial charge in [-0.1, -0.05) is 19.8 Å². The van der Waals surface area contributed by atoms with Crippen molar-refractivity contribution in [2.45, 2.75) is 51.9 Å². The molecule has 0 amide bonds. The number of fused-ring (bicyclic) bond motifs is 3. The summed E-state index contributed by atoms with van der Waals surface area (Å²) in [7, 11) is 0. The molecule has 0 spiro atoms. The molecule has 1 fully saturated rings. The summed E-state index contributed by atoms with van der Waals surface area (Å²) in [6.07, 6.45) is 10.6. The van der Waals surface area contributed by atoms with E-state index in [1.807, 2.05) is 11.3 Å². The molecule has 1 aliphatic carbocycles. The van der Waals surface area contributed by atoms with Crippen LogP contribution in [0, 0.1) is 5.92 Å². The smallest absolute Gasteiger partial charge is 0.142 e. The molecule has 0 radical (unpaired) electrons. The van der Waals surface area contributed by atoms with Gasteiger partial charge >= 0.3 is 0 Å². The molecule has 4 nitrogen and oxygen atoms in total. The average molecular weight is 429 g/mol. The standard InChI is InChI=1S/C23H28N4S.ClH/c1-16-6-11-19-20(14-16)28-23-21(19)22(24-15-25-23)26-17-7-9-18(10-8-17)27-12-4-2-3-5-13-27;/h7-10,15-16H,2-6,11-14H2,1H3,(H,24,25,26);1H. The first kappa shape index (κ1) is 20.4. The van der Waals surface area contributed by atoms with Crippen molar-refractivity contribution in [3.63, 3.8) is 0 Å². The molecule has 29 heavy (non-hydrogen) atoms. The summed E-state index contributed by atoms with van der Waals surface area (Å²) in [6, 6.07) is 8.87. The average Bonchev–Trinajstić information content (AvgIpc) is 2.88. The SMILES string of the molecule is CC1CCc2c(sc3ncnc(Nc4ccc(N5CCCCCC5)cc4)c23)C1.Cl. The van der Waals surface area contributed by atoms with Gasteiger partial charge in [0.1, 0.15) is 17.0 Å². The molecular formula is C23H29ClN4S. The number of thiophene rings is 1. The number of nitrogens with one attached hydrogen (secondary N) is 1. The lowest BCUT2D eigenvalue weighted by Crippen LogP contribution is -2.23. The molecule has 1 N–H and O–H groups in total. The fraction of sp³-hybridized carbons (Fsp3) is 0.478. The van der Waals surface area contributed by atoms with Crippen molar-refractivity contribution in [2.75, 3.05) is 23.3 Å². The van der Waals surface area contributed by atoms with Crippen LogP contribution in [0.2, 0.25) is 0 Å². The van der Waals surface area contributed by atoms with Crippen LogP contribution >= 0.6 is 23.7 Å². The summed E-state index contributed by atoms with van der Waals surface area (Å²) in [6.45, 7) is 4.71. The first-order chi connectivity index (χ1) is 13.8. The highest BCUT2D eigenvalue weighted by Gasteiger charge is 2.23. The number of hydrogen-bond donors (Lipinski definition) is 1. The molecule has 3 aromatic rings. The topological polar surface area (TPSA) is 41.1 Å². The zero-order valence-electron chi connectivity index (χ0n) is 17.0. The molecular weight excluding hydrogens is 400 g/mol. The van der Waals surface area contributed by atoms with Crippen LogP contribution in [-0.4, -0.2) is 23.1 Å². The van der Waals surface area contributed by atoms with Gasteiger partial charge in [-0.3, -0.25) is 0 Å². The van der Waals surface area contributed by atoms with Gasteiger partial charge in [0.25, 0.3) is 0 Å². The van der Waals surface area contributed by atoms with E-state index in [2.05, 4.69) is 51.4 Å². The normalized spacial score (nSPS) is 19.3. The van der Waals surface area contributed by atoms with Crippen molar-refractivity contribution in [3.8, 4) is 0 Å². The van der Waals surface area contributed by atoms with Crippen LogP contribution in [0.4, 0.5) is 17.2 Å². The second kappa shape index (κ2) is 8.88. The van der Waals surface area contributed by atoms with Gasteiger partial charge in [-0.25, -0.2) is 9.97 Å². The lowest BCUT2D eigenvalue weighted by molar-refractivity contribution is 0.509.